The van der Waals surface area contributed by atoms with E-state index >= 15 is 0 Å². The van der Waals surface area contributed by atoms with Gasteiger partial charge in [0.1, 0.15) is 0 Å². The molecule has 2 aliphatic heterocycles. The van der Waals surface area contributed by atoms with Gasteiger partial charge in [0.25, 0.3) is 5.91 Å². The Bertz CT molecular complexity index is 1560. The number of rotatable bonds is 7. The monoisotopic (exact) mass is 721 g/mol. The molecule has 7 fully saturated rings. The third-order valence-corrected chi connectivity index (χ3v) is 16.7. The first-order valence-corrected chi connectivity index (χ1v) is 20.2. The first-order valence-electron chi connectivity index (χ1n) is 20.2. The van der Waals surface area contributed by atoms with Gasteiger partial charge in [0.15, 0.2) is 6.10 Å². The van der Waals surface area contributed by atoms with Crippen LogP contribution in [0.5, 0.6) is 0 Å². The lowest BCUT2D eigenvalue weighted by atomic mass is 9.41. The second-order valence-electron chi connectivity index (χ2n) is 19.8. The van der Waals surface area contributed by atoms with Crippen molar-refractivity contribution in [1.82, 2.24) is 4.90 Å². The molecule has 7 aliphatic rings. The van der Waals surface area contributed by atoms with Crippen LogP contribution in [0.15, 0.2) is 30.3 Å². The van der Waals surface area contributed by atoms with Crippen molar-refractivity contribution in [3.8, 4) is 0 Å². The van der Waals surface area contributed by atoms with E-state index in [9.17, 15) is 19.8 Å². The van der Waals surface area contributed by atoms with Gasteiger partial charge in [-0.1, -0.05) is 65.0 Å². The van der Waals surface area contributed by atoms with Gasteiger partial charge in [-0.05, 0) is 116 Å². The molecule has 2 spiro atoms. The van der Waals surface area contributed by atoms with E-state index in [1.165, 1.54) is 19.8 Å². The first kappa shape index (κ1) is 36.9. The van der Waals surface area contributed by atoms with Crippen LogP contribution in [-0.2, 0) is 35.1 Å². The highest BCUT2D eigenvalue weighted by Crippen LogP contribution is 2.89. The Balaban J connectivity index is 1.01. The number of carbonyl (C=O) groups is 2. The minimum Gasteiger partial charge on any atom is -0.457 e. The van der Waals surface area contributed by atoms with Crippen LogP contribution >= 0.6 is 0 Å². The largest absolute Gasteiger partial charge is 0.457 e. The summed E-state index contributed by atoms with van der Waals surface area (Å²) in [6, 6.07) is 10.1. The number of hydrogen-bond acceptors (Lipinski definition) is 8. The number of fused-ring (bicyclic) bond motifs is 4. The van der Waals surface area contributed by atoms with Crippen molar-refractivity contribution in [2.24, 2.45) is 50.7 Å². The maximum atomic E-state index is 13.6. The molecule has 9 nitrogen and oxygen atoms in total. The van der Waals surface area contributed by atoms with Crippen molar-refractivity contribution >= 4 is 11.9 Å². The number of ether oxygens (including phenoxy) is 4. The van der Waals surface area contributed by atoms with Crippen LogP contribution in [0.25, 0.3) is 0 Å². The Morgan fingerprint density at radius 3 is 2.42 bits per heavy atom. The number of aliphatic hydroxyl groups is 2. The zero-order valence-electron chi connectivity index (χ0n) is 32.7. The molecule has 9 unspecified atom stereocenters. The molecule has 1 aromatic carbocycles. The average Bonchev–Trinajstić information content (AvgIpc) is 3.71. The molecule has 288 valence electrons. The summed E-state index contributed by atoms with van der Waals surface area (Å²) in [5.74, 6) is 0.765. The van der Waals surface area contributed by atoms with Crippen molar-refractivity contribution in [3.05, 3.63) is 35.9 Å². The summed E-state index contributed by atoms with van der Waals surface area (Å²) in [7, 11) is 0. The molecular formula is C43H63NO8. The van der Waals surface area contributed by atoms with E-state index in [4.69, 9.17) is 18.9 Å². The summed E-state index contributed by atoms with van der Waals surface area (Å²) >= 11 is 0. The Morgan fingerprint density at radius 2 is 1.73 bits per heavy atom. The second kappa shape index (κ2) is 12.2. The quantitative estimate of drug-likeness (QED) is 0.317. The van der Waals surface area contributed by atoms with Crippen LogP contribution in [0.4, 0.5) is 0 Å². The SMILES string of the molecule is CC(=O)OC(C1C[C@@H](C)[C@H]2C(O1)[C@H](O)[C@@]1(C)C3CC[C@H]4C(C)(C)C(OC5OCCN(Cc6ccccc6)C5=O)CCC45CC35CCC21C)C(C)(C)O. The minimum atomic E-state index is -1.27. The van der Waals surface area contributed by atoms with Gasteiger partial charge >= 0.3 is 5.97 Å². The van der Waals surface area contributed by atoms with E-state index in [1.54, 1.807) is 13.8 Å². The Hall–Kier alpha value is -2.04. The molecule has 14 atom stereocenters. The van der Waals surface area contributed by atoms with Crippen LogP contribution in [0.3, 0.4) is 0 Å². The fraction of sp³-hybridized carbons (Fsp3) is 0.814. The molecule has 1 amide bonds. The lowest BCUT2D eigenvalue weighted by Gasteiger charge is -2.63. The Labute approximate surface area is 310 Å². The van der Waals surface area contributed by atoms with Crippen molar-refractivity contribution < 1.29 is 38.7 Å². The molecule has 2 N–H and O–H groups in total. The van der Waals surface area contributed by atoms with Crippen LogP contribution in [0.2, 0.25) is 0 Å². The number of morpholine rings is 1. The zero-order chi connectivity index (χ0) is 37.2. The number of carbonyl (C=O) groups excluding carboxylic acids is 2. The summed E-state index contributed by atoms with van der Waals surface area (Å²) in [6.45, 7) is 18.2. The molecule has 0 aromatic heterocycles. The fourth-order valence-electron chi connectivity index (χ4n) is 14.4. The van der Waals surface area contributed by atoms with Gasteiger partial charge in [-0.3, -0.25) is 9.59 Å². The first-order chi connectivity index (χ1) is 24.4. The normalized spacial score (nSPS) is 46.9. The summed E-state index contributed by atoms with van der Waals surface area (Å²) in [5.41, 5.74) is -0.327. The van der Waals surface area contributed by atoms with Crippen LogP contribution in [0, 0.1) is 50.7 Å². The minimum absolute atomic E-state index is 0.0699. The van der Waals surface area contributed by atoms with Gasteiger partial charge in [0, 0.05) is 25.4 Å². The fourth-order valence-corrected chi connectivity index (χ4v) is 14.4. The summed E-state index contributed by atoms with van der Waals surface area (Å²) in [5, 5.41) is 23.7. The highest BCUT2D eigenvalue weighted by molar-refractivity contribution is 5.80. The standard InChI is InChI=1S/C43H63NO8/c1-25-22-28(35(39(5,6)48)50-26(2)45)51-33-32(25)40(7)18-19-43-24-42(43)17-16-31(38(3,4)29(42)14-15-30(43)41(40,8)34(33)46)52-37-36(47)44(20-21-49-37)23-27-12-10-9-11-13-27/h9-13,25,28-35,37,46,48H,14-24H2,1-8H3/t25-,28?,29+,30?,31?,32+,33?,34+,35?,37?,40?,41-,42?,43?/m1/s1. The second-order valence-corrected chi connectivity index (χ2v) is 19.8. The molecule has 0 bridgehead atoms. The molecule has 0 radical (unpaired) electrons. The van der Waals surface area contributed by atoms with E-state index in [1.807, 2.05) is 23.1 Å². The van der Waals surface area contributed by atoms with E-state index in [-0.39, 0.29) is 57.0 Å². The lowest BCUT2D eigenvalue weighted by molar-refractivity contribution is -0.244. The number of nitrogens with zero attached hydrogens (tertiary/aromatic N) is 1. The Morgan fingerprint density at radius 1 is 1.04 bits per heavy atom. The maximum absolute atomic E-state index is 13.6. The van der Waals surface area contributed by atoms with Gasteiger partial charge in [-0.15, -0.1) is 0 Å². The number of benzene rings is 1. The molecule has 5 aliphatic carbocycles. The lowest BCUT2D eigenvalue weighted by Crippen LogP contribution is -2.60. The summed E-state index contributed by atoms with van der Waals surface area (Å²) < 4.78 is 25.3. The topological polar surface area (TPSA) is 115 Å². The summed E-state index contributed by atoms with van der Waals surface area (Å²) in [4.78, 5) is 27.6. The summed E-state index contributed by atoms with van der Waals surface area (Å²) in [6.07, 6.45) is 4.99. The van der Waals surface area contributed by atoms with Crippen molar-refractivity contribution in [2.75, 3.05) is 13.2 Å². The predicted molar refractivity (Wildman–Crippen MR) is 194 cm³/mol. The molecule has 52 heavy (non-hydrogen) atoms. The van der Waals surface area contributed by atoms with Crippen LogP contribution in [-0.4, -0.2) is 82.6 Å². The molecule has 2 saturated heterocycles. The van der Waals surface area contributed by atoms with Gasteiger partial charge in [-0.25, -0.2) is 0 Å². The maximum Gasteiger partial charge on any atom is 0.303 e. The predicted octanol–water partition coefficient (Wildman–Crippen LogP) is 6.27. The van der Waals surface area contributed by atoms with E-state index in [0.29, 0.717) is 38.0 Å². The van der Waals surface area contributed by atoms with E-state index in [2.05, 4.69) is 46.8 Å². The highest BCUT2D eigenvalue weighted by Gasteiger charge is 2.84. The van der Waals surface area contributed by atoms with Crippen molar-refractivity contribution in [2.45, 2.75) is 156 Å². The molecule has 9 heteroatoms. The Kier molecular flexibility index (Phi) is 8.68. The van der Waals surface area contributed by atoms with E-state index < -0.39 is 36.2 Å². The van der Waals surface area contributed by atoms with Gasteiger partial charge in [0.2, 0.25) is 6.29 Å². The molecule has 5 saturated carbocycles. The van der Waals surface area contributed by atoms with Gasteiger partial charge in [0.05, 0.1) is 36.6 Å². The van der Waals surface area contributed by atoms with Crippen LogP contribution < -0.4 is 0 Å². The number of aliphatic hydroxyl groups excluding tert-OH is 1. The van der Waals surface area contributed by atoms with Gasteiger partial charge in [-0.2, -0.15) is 0 Å². The third-order valence-electron chi connectivity index (χ3n) is 16.7. The van der Waals surface area contributed by atoms with Gasteiger partial charge < -0.3 is 34.1 Å². The molecule has 1 aromatic rings. The molecule has 2 heterocycles. The average molecular weight is 722 g/mol. The third kappa shape index (κ3) is 5.10. The number of esters is 1. The smallest absolute Gasteiger partial charge is 0.303 e. The van der Waals surface area contributed by atoms with Crippen LogP contribution in [0.1, 0.15) is 112 Å². The van der Waals surface area contributed by atoms with Crippen molar-refractivity contribution in [3.63, 3.8) is 0 Å². The van der Waals surface area contributed by atoms with E-state index in [0.717, 1.165) is 37.7 Å². The van der Waals surface area contributed by atoms with Crippen molar-refractivity contribution in [1.29, 1.82) is 0 Å². The molecule has 8 rings (SSSR count). The zero-order valence-corrected chi connectivity index (χ0v) is 32.7. The number of hydrogen-bond donors (Lipinski definition) is 2. The molecular weight excluding hydrogens is 658 g/mol. The number of amides is 1. The highest BCUT2D eigenvalue weighted by atomic mass is 16.7.